The third-order valence-corrected chi connectivity index (χ3v) is 3.72. The van der Waals surface area contributed by atoms with Crippen LogP contribution >= 0.6 is 12.2 Å². The van der Waals surface area contributed by atoms with E-state index in [0.717, 1.165) is 24.2 Å². The molecule has 25 heavy (non-hydrogen) atoms. The number of esters is 1. The first kappa shape index (κ1) is 18.6. The van der Waals surface area contributed by atoms with Crippen molar-refractivity contribution in [3.05, 3.63) is 65.7 Å². The number of benzene rings is 2. The second kappa shape index (κ2) is 9.54. The zero-order valence-electron chi connectivity index (χ0n) is 14.3. The number of nitrogens with one attached hydrogen (secondary N) is 2. The molecule has 0 radical (unpaired) electrons. The zero-order chi connectivity index (χ0) is 18.1. The lowest BCUT2D eigenvalue weighted by molar-refractivity contribution is 0.0601. The first-order valence-electron chi connectivity index (χ1n) is 7.91. The molecule has 0 aliphatic heterocycles. The normalized spacial score (nSPS) is 10.9. The van der Waals surface area contributed by atoms with Crippen molar-refractivity contribution in [2.45, 2.75) is 19.8 Å². The largest absolute Gasteiger partial charge is 0.465 e. The van der Waals surface area contributed by atoms with Crippen LogP contribution < -0.4 is 10.7 Å². The van der Waals surface area contributed by atoms with Gasteiger partial charge in [-0.2, -0.15) is 5.10 Å². The maximum absolute atomic E-state index is 11.4. The van der Waals surface area contributed by atoms with Crippen LogP contribution in [-0.4, -0.2) is 23.9 Å². The number of hydrogen-bond acceptors (Lipinski definition) is 4. The molecule has 0 saturated carbocycles. The molecule has 0 amide bonds. The summed E-state index contributed by atoms with van der Waals surface area (Å²) < 4.78 is 4.66. The minimum atomic E-state index is -0.370. The molecule has 2 N–H and O–H groups in total. The van der Waals surface area contributed by atoms with Gasteiger partial charge in [0.15, 0.2) is 5.11 Å². The fourth-order valence-corrected chi connectivity index (χ4v) is 2.30. The van der Waals surface area contributed by atoms with E-state index in [1.165, 1.54) is 12.7 Å². The lowest BCUT2D eigenvalue weighted by Crippen LogP contribution is -2.24. The Bertz CT molecular complexity index is 743. The predicted molar refractivity (Wildman–Crippen MR) is 105 cm³/mol. The number of hydrazone groups is 1. The average Bonchev–Trinajstić information content (AvgIpc) is 2.65. The molecule has 0 atom stereocenters. The summed E-state index contributed by atoms with van der Waals surface area (Å²) in [5, 5.41) is 7.69. The third-order valence-electron chi connectivity index (χ3n) is 3.53. The highest BCUT2D eigenvalue weighted by Gasteiger charge is 2.04. The molecule has 0 aromatic heterocycles. The van der Waals surface area contributed by atoms with Crippen molar-refractivity contribution in [1.29, 1.82) is 0 Å². The second-order valence-corrected chi connectivity index (χ2v) is 5.88. The summed E-state index contributed by atoms with van der Waals surface area (Å²) in [7, 11) is 1.35. The fourth-order valence-electron chi connectivity index (χ4n) is 2.14. The number of anilines is 1. The van der Waals surface area contributed by atoms with Gasteiger partial charge >= 0.3 is 5.97 Å². The molecule has 130 valence electrons. The van der Waals surface area contributed by atoms with Crippen LogP contribution in [0.5, 0.6) is 0 Å². The van der Waals surface area contributed by atoms with Gasteiger partial charge in [0.1, 0.15) is 0 Å². The van der Waals surface area contributed by atoms with Crippen molar-refractivity contribution in [3.63, 3.8) is 0 Å². The van der Waals surface area contributed by atoms with Crippen LogP contribution in [0.3, 0.4) is 0 Å². The topological polar surface area (TPSA) is 62.7 Å². The molecule has 0 bridgehead atoms. The summed E-state index contributed by atoms with van der Waals surface area (Å²) in [5.74, 6) is -0.370. The number of methoxy groups -OCH3 is 1. The number of carbonyl (C=O) groups is 1. The first-order chi connectivity index (χ1) is 12.1. The first-order valence-corrected chi connectivity index (χ1v) is 8.32. The summed E-state index contributed by atoms with van der Waals surface area (Å²) in [4.78, 5) is 11.4. The molecule has 6 heteroatoms. The maximum Gasteiger partial charge on any atom is 0.337 e. The SMILES string of the molecule is COC(=O)c1ccc(NC(=S)N/N=C(/C)CCc2ccccc2)cc1. The summed E-state index contributed by atoms with van der Waals surface area (Å²) in [5.41, 5.74) is 6.33. The molecule has 0 aliphatic carbocycles. The van der Waals surface area contributed by atoms with Gasteiger partial charge in [-0.05, 0) is 61.8 Å². The van der Waals surface area contributed by atoms with E-state index in [1.807, 2.05) is 25.1 Å². The van der Waals surface area contributed by atoms with Crippen LogP contribution in [-0.2, 0) is 11.2 Å². The molecule has 0 fully saturated rings. The standard InChI is InChI=1S/C19H21N3O2S/c1-14(8-9-15-6-4-3-5-7-15)21-22-19(25)20-17-12-10-16(11-13-17)18(23)24-2/h3-7,10-13H,8-9H2,1-2H3,(H2,20,22,25)/b21-14-. The van der Waals surface area contributed by atoms with Crippen molar-refractivity contribution < 1.29 is 9.53 Å². The van der Waals surface area contributed by atoms with Gasteiger partial charge in [0.2, 0.25) is 0 Å². The Hall–Kier alpha value is -2.73. The fraction of sp³-hybridized carbons (Fsp3) is 0.211. The van der Waals surface area contributed by atoms with Gasteiger partial charge in [0.25, 0.3) is 0 Å². The molecule has 2 rings (SSSR count). The number of nitrogens with zero attached hydrogens (tertiary/aromatic N) is 1. The van der Waals surface area contributed by atoms with Crippen LogP contribution in [0, 0.1) is 0 Å². The second-order valence-electron chi connectivity index (χ2n) is 5.47. The highest BCUT2D eigenvalue weighted by atomic mass is 32.1. The average molecular weight is 355 g/mol. The van der Waals surface area contributed by atoms with Gasteiger partial charge in [-0.3, -0.25) is 5.43 Å². The van der Waals surface area contributed by atoms with Crippen molar-refractivity contribution in [2.75, 3.05) is 12.4 Å². The van der Waals surface area contributed by atoms with Crippen molar-refractivity contribution in [3.8, 4) is 0 Å². The molecule has 0 spiro atoms. The lowest BCUT2D eigenvalue weighted by atomic mass is 10.1. The van der Waals surface area contributed by atoms with Crippen molar-refractivity contribution in [2.24, 2.45) is 5.10 Å². The Morgan fingerprint density at radius 2 is 1.80 bits per heavy atom. The summed E-state index contributed by atoms with van der Waals surface area (Å²) in [6.45, 7) is 1.96. The molecule has 0 aliphatic rings. The van der Waals surface area contributed by atoms with E-state index in [4.69, 9.17) is 12.2 Å². The molecular weight excluding hydrogens is 334 g/mol. The van der Waals surface area contributed by atoms with Gasteiger partial charge in [0, 0.05) is 11.4 Å². The number of aryl methyl sites for hydroxylation is 1. The predicted octanol–water partition coefficient (Wildman–Crippen LogP) is 3.77. The quantitative estimate of drug-likeness (QED) is 0.357. The van der Waals surface area contributed by atoms with Crippen LogP contribution in [0.4, 0.5) is 5.69 Å². The minimum Gasteiger partial charge on any atom is -0.465 e. The molecule has 2 aromatic rings. The Labute approximate surface area is 153 Å². The van der Waals surface area contributed by atoms with E-state index in [2.05, 4.69) is 32.7 Å². The van der Waals surface area contributed by atoms with Gasteiger partial charge in [-0.1, -0.05) is 30.3 Å². The van der Waals surface area contributed by atoms with E-state index in [-0.39, 0.29) is 5.97 Å². The van der Waals surface area contributed by atoms with Gasteiger partial charge in [-0.25, -0.2) is 4.79 Å². The molecule has 2 aromatic carbocycles. The molecular formula is C19H21N3O2S. The summed E-state index contributed by atoms with van der Waals surface area (Å²) >= 11 is 5.22. The van der Waals surface area contributed by atoms with Crippen molar-refractivity contribution >= 4 is 34.7 Å². The molecule has 5 nitrogen and oxygen atoms in total. The third kappa shape index (κ3) is 6.35. The van der Waals surface area contributed by atoms with E-state index < -0.39 is 0 Å². The smallest absolute Gasteiger partial charge is 0.337 e. The summed E-state index contributed by atoms with van der Waals surface area (Å²) in [6.07, 6.45) is 1.79. The monoisotopic (exact) mass is 355 g/mol. The van der Waals surface area contributed by atoms with Crippen LogP contribution in [0.2, 0.25) is 0 Å². The molecule has 0 saturated heterocycles. The molecule has 0 unspecified atom stereocenters. The van der Waals surface area contributed by atoms with Gasteiger partial charge < -0.3 is 10.1 Å². The van der Waals surface area contributed by atoms with E-state index in [1.54, 1.807) is 24.3 Å². The number of ether oxygens (including phenoxy) is 1. The number of hydrogen-bond donors (Lipinski definition) is 2. The highest BCUT2D eigenvalue weighted by Crippen LogP contribution is 2.10. The zero-order valence-corrected chi connectivity index (χ0v) is 15.1. The molecule has 0 heterocycles. The van der Waals surface area contributed by atoms with E-state index >= 15 is 0 Å². The van der Waals surface area contributed by atoms with Crippen LogP contribution in [0.25, 0.3) is 0 Å². The summed E-state index contributed by atoms with van der Waals surface area (Å²) in [6, 6.07) is 17.1. The Kier molecular flexibility index (Phi) is 7.10. The van der Waals surface area contributed by atoms with E-state index in [0.29, 0.717) is 10.7 Å². The Balaban J connectivity index is 1.80. The van der Waals surface area contributed by atoms with Gasteiger partial charge in [0.05, 0.1) is 12.7 Å². The minimum absolute atomic E-state index is 0.370. The van der Waals surface area contributed by atoms with Crippen molar-refractivity contribution in [1.82, 2.24) is 5.43 Å². The number of thiocarbonyl (C=S) groups is 1. The number of rotatable bonds is 6. The Morgan fingerprint density at radius 3 is 2.44 bits per heavy atom. The number of carbonyl (C=O) groups excluding carboxylic acids is 1. The van der Waals surface area contributed by atoms with E-state index in [9.17, 15) is 4.79 Å². The van der Waals surface area contributed by atoms with Crippen LogP contribution in [0.15, 0.2) is 59.7 Å². The van der Waals surface area contributed by atoms with Crippen LogP contribution in [0.1, 0.15) is 29.3 Å². The highest BCUT2D eigenvalue weighted by molar-refractivity contribution is 7.80. The lowest BCUT2D eigenvalue weighted by Gasteiger charge is -2.08. The maximum atomic E-state index is 11.4. The van der Waals surface area contributed by atoms with Gasteiger partial charge in [-0.15, -0.1) is 0 Å². The Morgan fingerprint density at radius 1 is 1.12 bits per heavy atom.